The first-order valence-electron chi connectivity index (χ1n) is 10.4. The summed E-state index contributed by atoms with van der Waals surface area (Å²) in [6.45, 7) is 5.01. The number of hydrogen-bond acceptors (Lipinski definition) is 4. The van der Waals surface area contributed by atoms with Gasteiger partial charge in [-0.1, -0.05) is 44.2 Å². The lowest BCUT2D eigenvalue weighted by atomic mass is 10.1. The Morgan fingerprint density at radius 2 is 1.84 bits per heavy atom. The number of nitrogens with zero attached hydrogens (tertiary/aromatic N) is 3. The molecule has 0 unspecified atom stereocenters. The second-order valence-corrected chi connectivity index (χ2v) is 10.1. The molecule has 7 nitrogen and oxygen atoms in total. The minimum absolute atomic E-state index is 0.0656. The number of aromatic nitrogens is 3. The van der Waals surface area contributed by atoms with E-state index in [0.29, 0.717) is 17.0 Å². The Morgan fingerprint density at radius 1 is 1.06 bits per heavy atom. The van der Waals surface area contributed by atoms with Gasteiger partial charge in [0.1, 0.15) is 0 Å². The maximum Gasteiger partial charge on any atom is 0.303 e. The van der Waals surface area contributed by atoms with Crippen molar-refractivity contribution in [2.24, 2.45) is 5.92 Å². The summed E-state index contributed by atoms with van der Waals surface area (Å²) < 4.78 is 30.2. The van der Waals surface area contributed by atoms with Crippen molar-refractivity contribution in [2.45, 2.75) is 38.1 Å². The molecular formula is C24H25N3O4S. The zero-order valence-corrected chi connectivity index (χ0v) is 18.8. The molecule has 2 heterocycles. The van der Waals surface area contributed by atoms with Gasteiger partial charge in [-0.15, -0.1) is 0 Å². The van der Waals surface area contributed by atoms with Gasteiger partial charge in [0.15, 0.2) is 0 Å². The lowest BCUT2D eigenvalue weighted by Crippen LogP contribution is -2.12. The van der Waals surface area contributed by atoms with Gasteiger partial charge < -0.3 is 5.11 Å². The number of aryl methyl sites for hydroxylation is 1. The number of benzene rings is 2. The van der Waals surface area contributed by atoms with Crippen LogP contribution in [0.4, 0.5) is 0 Å². The number of carboxylic acid groups (broad SMARTS) is 1. The number of aliphatic carboxylic acids is 1. The van der Waals surface area contributed by atoms with Crippen LogP contribution < -0.4 is 0 Å². The molecule has 32 heavy (non-hydrogen) atoms. The average molecular weight is 452 g/mol. The molecule has 2 aromatic heterocycles. The fourth-order valence-corrected chi connectivity index (χ4v) is 5.23. The van der Waals surface area contributed by atoms with E-state index in [2.05, 4.69) is 18.9 Å². The van der Waals surface area contributed by atoms with Crippen LogP contribution >= 0.6 is 0 Å². The van der Waals surface area contributed by atoms with Gasteiger partial charge in [-0.3, -0.25) is 9.48 Å². The predicted molar refractivity (Wildman–Crippen MR) is 123 cm³/mol. The Bertz CT molecular complexity index is 1380. The summed E-state index contributed by atoms with van der Waals surface area (Å²) in [5.74, 6) is -0.470. The van der Waals surface area contributed by atoms with Crippen LogP contribution in [-0.2, 0) is 27.8 Å². The monoisotopic (exact) mass is 451 g/mol. The van der Waals surface area contributed by atoms with Crippen molar-refractivity contribution in [3.63, 3.8) is 0 Å². The molecule has 0 aliphatic carbocycles. The van der Waals surface area contributed by atoms with Crippen LogP contribution in [0.15, 0.2) is 72.0 Å². The van der Waals surface area contributed by atoms with E-state index in [1.807, 2.05) is 29.1 Å². The lowest BCUT2D eigenvalue weighted by molar-refractivity contribution is -0.136. The van der Waals surface area contributed by atoms with Crippen molar-refractivity contribution in [1.82, 2.24) is 13.8 Å². The summed E-state index contributed by atoms with van der Waals surface area (Å²) in [7, 11) is -3.88. The minimum Gasteiger partial charge on any atom is -0.481 e. The molecule has 166 valence electrons. The first-order valence-corrected chi connectivity index (χ1v) is 11.9. The second kappa shape index (κ2) is 8.63. The highest BCUT2D eigenvalue weighted by Gasteiger charge is 2.22. The van der Waals surface area contributed by atoms with E-state index in [1.165, 1.54) is 10.2 Å². The van der Waals surface area contributed by atoms with Crippen molar-refractivity contribution >= 4 is 26.9 Å². The third-order valence-corrected chi connectivity index (χ3v) is 6.95. The Morgan fingerprint density at radius 3 is 2.59 bits per heavy atom. The Labute approximate surface area is 187 Å². The maximum atomic E-state index is 13.6. The minimum atomic E-state index is -3.88. The summed E-state index contributed by atoms with van der Waals surface area (Å²) in [6.07, 6.45) is 5.39. The van der Waals surface area contributed by atoms with Crippen molar-refractivity contribution < 1.29 is 18.3 Å². The van der Waals surface area contributed by atoms with Crippen LogP contribution in [0.2, 0.25) is 0 Å². The van der Waals surface area contributed by atoms with Gasteiger partial charge in [-0.25, -0.2) is 12.4 Å². The molecule has 0 aliphatic heterocycles. The van der Waals surface area contributed by atoms with E-state index >= 15 is 0 Å². The zero-order chi connectivity index (χ0) is 22.9. The molecule has 0 bridgehead atoms. The van der Waals surface area contributed by atoms with Gasteiger partial charge in [-0.05, 0) is 41.7 Å². The average Bonchev–Trinajstić information content (AvgIpc) is 3.37. The number of rotatable bonds is 8. The van der Waals surface area contributed by atoms with Crippen molar-refractivity contribution in [3.8, 4) is 11.1 Å². The van der Waals surface area contributed by atoms with E-state index < -0.39 is 16.0 Å². The summed E-state index contributed by atoms with van der Waals surface area (Å²) >= 11 is 0. The molecule has 0 saturated carbocycles. The largest absolute Gasteiger partial charge is 0.481 e. The van der Waals surface area contributed by atoms with Crippen LogP contribution in [0.25, 0.3) is 22.0 Å². The number of carbonyl (C=O) groups is 1. The van der Waals surface area contributed by atoms with Gasteiger partial charge in [0.05, 0.1) is 16.6 Å². The van der Waals surface area contributed by atoms with E-state index in [0.717, 1.165) is 23.1 Å². The number of fused-ring (bicyclic) bond motifs is 1. The standard InChI is InChI=1S/C24H25N3O4S/c1-17(2)14-26-15-20(13-25-26)18-6-5-7-21(12-18)32(30,31)27-16-19(10-11-24(28)29)22-8-3-4-9-23(22)27/h3-9,12-13,15-17H,10-11,14H2,1-2H3,(H,28,29). The fraction of sp³-hybridized carbons (Fsp3) is 0.250. The van der Waals surface area contributed by atoms with Gasteiger partial charge in [-0.2, -0.15) is 5.10 Å². The van der Waals surface area contributed by atoms with Crippen molar-refractivity contribution in [2.75, 3.05) is 0 Å². The van der Waals surface area contributed by atoms with Crippen molar-refractivity contribution in [1.29, 1.82) is 0 Å². The van der Waals surface area contributed by atoms with Crippen LogP contribution in [-0.4, -0.2) is 33.2 Å². The van der Waals surface area contributed by atoms with Crippen LogP contribution in [0.5, 0.6) is 0 Å². The van der Waals surface area contributed by atoms with Crippen LogP contribution in [0.3, 0.4) is 0 Å². The molecule has 0 fully saturated rings. The van der Waals surface area contributed by atoms with Gasteiger partial charge in [0.25, 0.3) is 10.0 Å². The molecule has 4 aromatic rings. The maximum absolute atomic E-state index is 13.6. The number of para-hydroxylation sites is 1. The smallest absolute Gasteiger partial charge is 0.303 e. The molecular weight excluding hydrogens is 426 g/mol. The molecule has 0 amide bonds. The van der Waals surface area contributed by atoms with E-state index in [-0.39, 0.29) is 17.7 Å². The molecule has 0 atom stereocenters. The highest BCUT2D eigenvalue weighted by molar-refractivity contribution is 7.90. The summed E-state index contributed by atoms with van der Waals surface area (Å²) in [4.78, 5) is 11.2. The van der Waals surface area contributed by atoms with E-state index in [4.69, 9.17) is 5.11 Å². The first kappa shape index (κ1) is 21.8. The third kappa shape index (κ3) is 4.31. The fourth-order valence-electron chi connectivity index (χ4n) is 3.79. The zero-order valence-electron chi connectivity index (χ0n) is 18.0. The quantitative estimate of drug-likeness (QED) is 0.428. The van der Waals surface area contributed by atoms with E-state index in [1.54, 1.807) is 36.5 Å². The Kier molecular flexibility index (Phi) is 5.88. The summed E-state index contributed by atoms with van der Waals surface area (Å²) in [6, 6.07) is 13.9. The van der Waals surface area contributed by atoms with Crippen LogP contribution in [0, 0.1) is 5.92 Å². The van der Waals surface area contributed by atoms with Gasteiger partial charge >= 0.3 is 5.97 Å². The molecule has 4 rings (SSSR count). The molecule has 2 aromatic carbocycles. The highest BCUT2D eigenvalue weighted by Crippen LogP contribution is 2.29. The molecule has 0 radical (unpaired) electrons. The van der Waals surface area contributed by atoms with Crippen molar-refractivity contribution in [3.05, 3.63) is 72.7 Å². The molecule has 0 saturated heterocycles. The molecule has 1 N–H and O–H groups in total. The van der Waals surface area contributed by atoms with Crippen LogP contribution in [0.1, 0.15) is 25.8 Å². The first-order chi connectivity index (χ1) is 15.3. The second-order valence-electron chi connectivity index (χ2n) is 8.24. The Balaban J connectivity index is 1.75. The van der Waals surface area contributed by atoms with Gasteiger partial charge in [0.2, 0.25) is 0 Å². The SMILES string of the molecule is CC(C)Cn1cc(-c2cccc(S(=O)(=O)n3cc(CCC(=O)O)c4ccccc43)c2)cn1. The Hall–Kier alpha value is -3.39. The molecule has 8 heteroatoms. The lowest BCUT2D eigenvalue weighted by Gasteiger charge is -2.09. The molecule has 0 spiro atoms. The third-order valence-electron chi connectivity index (χ3n) is 5.28. The van der Waals surface area contributed by atoms with E-state index in [9.17, 15) is 13.2 Å². The van der Waals surface area contributed by atoms with Gasteiger partial charge in [0, 0.05) is 36.3 Å². The predicted octanol–water partition coefficient (Wildman–Crippen LogP) is 4.42. The number of hydrogen-bond donors (Lipinski definition) is 1. The number of carboxylic acids is 1. The molecule has 0 aliphatic rings. The summed E-state index contributed by atoms with van der Waals surface area (Å²) in [5, 5.41) is 14.2. The highest BCUT2D eigenvalue weighted by atomic mass is 32.2. The summed E-state index contributed by atoms with van der Waals surface area (Å²) in [5.41, 5.74) is 2.84. The normalized spacial score (nSPS) is 12.0. The topological polar surface area (TPSA) is 94.2 Å².